The minimum atomic E-state index is -2.47. The Bertz CT molecular complexity index is 515. The van der Waals surface area contributed by atoms with E-state index < -0.39 is 15.6 Å². The van der Waals surface area contributed by atoms with Crippen molar-refractivity contribution in [3.8, 4) is 0 Å². The second kappa shape index (κ2) is 3.75. The van der Waals surface area contributed by atoms with Gasteiger partial charge in [-0.15, -0.1) is 0 Å². The van der Waals surface area contributed by atoms with E-state index in [1.165, 1.54) is 24.8 Å². The molecule has 0 aliphatic carbocycles. The van der Waals surface area contributed by atoms with Crippen LogP contribution < -0.4 is 5.56 Å². The van der Waals surface area contributed by atoms with E-state index in [2.05, 4.69) is 9.35 Å². The van der Waals surface area contributed by atoms with E-state index in [-0.39, 0.29) is 11.1 Å². The first kappa shape index (κ1) is 10.6. The number of hydrogen-bond acceptors (Lipinski definition) is 3. The standard InChI is InChI=1S/C8H10N2O3S/c1-14(2,13)10-8(12)6-3-4-9-7(11)5-6/h3-5H,1-2H3,(H,9,11). The Morgan fingerprint density at radius 2 is 2.14 bits per heavy atom. The summed E-state index contributed by atoms with van der Waals surface area (Å²) in [5.41, 5.74) is -0.241. The molecule has 1 aromatic heterocycles. The van der Waals surface area contributed by atoms with Crippen LogP contribution in [0.1, 0.15) is 10.4 Å². The van der Waals surface area contributed by atoms with Crippen molar-refractivity contribution >= 4 is 15.6 Å². The Balaban J connectivity index is 3.15. The zero-order valence-corrected chi connectivity index (χ0v) is 8.63. The van der Waals surface area contributed by atoms with Crippen molar-refractivity contribution in [3.05, 3.63) is 34.2 Å². The smallest absolute Gasteiger partial charge is 0.285 e. The minimum Gasteiger partial charge on any atom is -0.329 e. The van der Waals surface area contributed by atoms with Crippen molar-refractivity contribution < 1.29 is 9.00 Å². The lowest BCUT2D eigenvalue weighted by Gasteiger charge is -1.95. The molecule has 0 aliphatic rings. The first-order chi connectivity index (χ1) is 6.38. The van der Waals surface area contributed by atoms with Gasteiger partial charge in [-0.25, -0.2) is 4.21 Å². The summed E-state index contributed by atoms with van der Waals surface area (Å²) in [7, 11) is -2.47. The first-order valence-corrected chi connectivity index (χ1v) is 6.12. The minimum absolute atomic E-state index is 0.144. The van der Waals surface area contributed by atoms with Gasteiger partial charge in [-0.1, -0.05) is 0 Å². The van der Waals surface area contributed by atoms with Gasteiger partial charge in [-0.2, -0.15) is 4.36 Å². The number of nitrogens with zero attached hydrogens (tertiary/aromatic N) is 1. The summed E-state index contributed by atoms with van der Waals surface area (Å²) in [4.78, 5) is 24.5. The van der Waals surface area contributed by atoms with Gasteiger partial charge in [0.2, 0.25) is 5.56 Å². The van der Waals surface area contributed by atoms with Gasteiger partial charge in [0, 0.05) is 40.1 Å². The molecule has 0 spiro atoms. The SMILES string of the molecule is CS(C)(=O)=NC(=O)c1cc[nH]c(=O)c1. The fourth-order valence-corrected chi connectivity index (χ4v) is 1.33. The average molecular weight is 214 g/mol. The van der Waals surface area contributed by atoms with Gasteiger partial charge in [-0.05, 0) is 6.07 Å². The molecular weight excluding hydrogens is 204 g/mol. The number of amides is 1. The third-order valence-electron chi connectivity index (χ3n) is 1.32. The Labute approximate surface area is 81.3 Å². The van der Waals surface area contributed by atoms with Crippen molar-refractivity contribution in [3.63, 3.8) is 0 Å². The summed E-state index contributed by atoms with van der Waals surface area (Å²) in [5.74, 6) is -0.633. The maximum atomic E-state index is 11.3. The number of rotatable bonds is 1. The summed E-state index contributed by atoms with van der Waals surface area (Å²) >= 11 is 0. The molecular formula is C8H10N2O3S. The van der Waals surface area contributed by atoms with Crippen LogP contribution in [0.4, 0.5) is 0 Å². The molecule has 0 saturated heterocycles. The van der Waals surface area contributed by atoms with Gasteiger partial charge >= 0.3 is 0 Å². The lowest BCUT2D eigenvalue weighted by Crippen LogP contribution is -2.08. The molecule has 0 unspecified atom stereocenters. The van der Waals surface area contributed by atoms with Crippen LogP contribution in [0.5, 0.6) is 0 Å². The van der Waals surface area contributed by atoms with Gasteiger partial charge in [0.05, 0.1) is 0 Å². The molecule has 1 rings (SSSR count). The predicted molar refractivity (Wildman–Crippen MR) is 53.8 cm³/mol. The highest BCUT2D eigenvalue weighted by atomic mass is 32.2. The van der Waals surface area contributed by atoms with Gasteiger partial charge < -0.3 is 4.98 Å². The topological polar surface area (TPSA) is 79.4 Å². The summed E-state index contributed by atoms with van der Waals surface area (Å²) in [6.07, 6.45) is 4.06. The number of pyridine rings is 1. The van der Waals surface area contributed by atoms with E-state index in [9.17, 15) is 13.8 Å². The van der Waals surface area contributed by atoms with Crippen LogP contribution in [-0.2, 0) is 9.73 Å². The lowest BCUT2D eigenvalue weighted by atomic mass is 10.3. The summed E-state index contributed by atoms with van der Waals surface area (Å²) in [5, 5.41) is 0. The van der Waals surface area contributed by atoms with E-state index in [0.29, 0.717) is 0 Å². The Kier molecular flexibility index (Phi) is 2.85. The molecule has 0 aromatic carbocycles. The molecule has 0 bridgehead atoms. The van der Waals surface area contributed by atoms with Crippen molar-refractivity contribution in [2.45, 2.75) is 0 Å². The second-order valence-electron chi connectivity index (χ2n) is 3.02. The molecule has 1 heterocycles. The monoisotopic (exact) mass is 214 g/mol. The van der Waals surface area contributed by atoms with E-state index in [4.69, 9.17) is 0 Å². The molecule has 14 heavy (non-hydrogen) atoms. The maximum absolute atomic E-state index is 11.3. The van der Waals surface area contributed by atoms with Crippen molar-refractivity contribution in [1.29, 1.82) is 0 Å². The zero-order chi connectivity index (χ0) is 10.8. The van der Waals surface area contributed by atoms with E-state index in [1.54, 1.807) is 0 Å². The van der Waals surface area contributed by atoms with Crippen LogP contribution in [0.2, 0.25) is 0 Å². The highest BCUT2D eigenvalue weighted by molar-refractivity contribution is 7.92. The molecule has 76 valence electrons. The van der Waals surface area contributed by atoms with E-state index >= 15 is 0 Å². The van der Waals surface area contributed by atoms with Gasteiger partial charge in [0.15, 0.2) is 0 Å². The van der Waals surface area contributed by atoms with Crippen LogP contribution in [0, 0.1) is 0 Å². The maximum Gasteiger partial charge on any atom is 0.285 e. The molecule has 0 fully saturated rings. The second-order valence-corrected chi connectivity index (χ2v) is 5.56. The number of hydrogen-bond donors (Lipinski definition) is 1. The first-order valence-electron chi connectivity index (χ1n) is 3.79. The average Bonchev–Trinajstić information content (AvgIpc) is 2.01. The number of carbonyl (C=O) groups is 1. The molecule has 0 saturated carbocycles. The fourth-order valence-electron chi connectivity index (χ4n) is 0.830. The van der Waals surface area contributed by atoms with Crippen molar-refractivity contribution in [2.75, 3.05) is 12.5 Å². The van der Waals surface area contributed by atoms with Gasteiger partial charge in [0.25, 0.3) is 5.91 Å². The summed E-state index contributed by atoms with van der Waals surface area (Å²) in [6.45, 7) is 0. The van der Waals surface area contributed by atoms with Crippen molar-refractivity contribution in [2.24, 2.45) is 4.36 Å². The third-order valence-corrected chi connectivity index (χ3v) is 1.93. The molecule has 1 N–H and O–H groups in total. The van der Waals surface area contributed by atoms with Crippen molar-refractivity contribution in [1.82, 2.24) is 4.98 Å². The summed E-state index contributed by atoms with van der Waals surface area (Å²) < 4.78 is 14.6. The number of H-pyrrole nitrogens is 1. The molecule has 0 atom stereocenters. The van der Waals surface area contributed by atoms with Gasteiger partial charge in [0.1, 0.15) is 0 Å². The van der Waals surface area contributed by atoms with Crippen LogP contribution >= 0.6 is 0 Å². The number of aromatic amines is 1. The fraction of sp³-hybridized carbons (Fsp3) is 0.250. The molecule has 0 aliphatic heterocycles. The van der Waals surface area contributed by atoms with E-state index in [1.807, 2.05) is 0 Å². The Morgan fingerprint density at radius 1 is 1.50 bits per heavy atom. The third kappa shape index (κ3) is 3.14. The van der Waals surface area contributed by atoms with Crippen LogP contribution in [0.3, 0.4) is 0 Å². The predicted octanol–water partition coefficient (Wildman–Crippen LogP) is 0.243. The lowest BCUT2D eigenvalue weighted by molar-refractivity contribution is 0.100. The van der Waals surface area contributed by atoms with Crippen LogP contribution in [0.25, 0.3) is 0 Å². The quantitative estimate of drug-likeness (QED) is 0.727. The number of nitrogens with one attached hydrogen (secondary N) is 1. The number of aromatic nitrogens is 1. The largest absolute Gasteiger partial charge is 0.329 e. The number of carbonyl (C=O) groups excluding carboxylic acids is 1. The van der Waals surface area contributed by atoms with Crippen LogP contribution in [-0.4, -0.2) is 27.6 Å². The normalized spacial score (nSPS) is 11.0. The Morgan fingerprint density at radius 3 is 2.64 bits per heavy atom. The molecule has 5 nitrogen and oxygen atoms in total. The Hall–Kier alpha value is -1.43. The molecule has 1 amide bonds. The van der Waals surface area contributed by atoms with E-state index in [0.717, 1.165) is 6.07 Å². The molecule has 0 radical (unpaired) electrons. The van der Waals surface area contributed by atoms with Crippen LogP contribution in [0.15, 0.2) is 27.5 Å². The molecule has 1 aromatic rings. The zero-order valence-electron chi connectivity index (χ0n) is 7.81. The van der Waals surface area contributed by atoms with Gasteiger partial charge in [-0.3, -0.25) is 9.59 Å². The highest BCUT2D eigenvalue weighted by Gasteiger charge is 2.05. The highest BCUT2D eigenvalue weighted by Crippen LogP contribution is 1.98. The summed E-state index contributed by atoms with van der Waals surface area (Å²) in [6, 6.07) is 2.54. The molecule has 6 heteroatoms.